The van der Waals surface area contributed by atoms with Crippen LogP contribution in [0.25, 0.3) is 0 Å². The molecule has 0 saturated carbocycles. The third-order valence-corrected chi connectivity index (χ3v) is 2.37. The summed E-state index contributed by atoms with van der Waals surface area (Å²) in [6.45, 7) is 8.41. The van der Waals surface area contributed by atoms with Crippen molar-refractivity contribution in [1.82, 2.24) is 5.32 Å². The summed E-state index contributed by atoms with van der Waals surface area (Å²) in [7, 11) is 1.41. The van der Waals surface area contributed by atoms with Crippen molar-refractivity contribution in [2.75, 3.05) is 26.9 Å². The minimum absolute atomic E-state index is 0.204. The monoisotopic (exact) mass is 231 g/mol. The van der Waals surface area contributed by atoms with Gasteiger partial charge in [0.05, 0.1) is 13.7 Å². The van der Waals surface area contributed by atoms with Gasteiger partial charge in [0.2, 0.25) is 0 Å². The summed E-state index contributed by atoms with van der Waals surface area (Å²) in [5.41, 5.74) is 0. The van der Waals surface area contributed by atoms with Crippen molar-refractivity contribution in [2.24, 2.45) is 5.92 Å². The van der Waals surface area contributed by atoms with Crippen LogP contribution >= 0.6 is 0 Å². The second-order valence-corrected chi connectivity index (χ2v) is 4.23. The molecular weight excluding hydrogens is 206 g/mol. The van der Waals surface area contributed by atoms with Gasteiger partial charge < -0.3 is 14.8 Å². The van der Waals surface area contributed by atoms with Crippen molar-refractivity contribution in [3.05, 3.63) is 0 Å². The first-order valence-electron chi connectivity index (χ1n) is 6.00. The molecule has 0 aliphatic carbocycles. The second-order valence-electron chi connectivity index (χ2n) is 4.23. The molecule has 1 N–H and O–H groups in total. The standard InChI is InChI=1S/C12H25NO3/c1-5-11(12(14)15-4)13-7-9-16-8-6-10(2)3/h10-11,13H,5-9H2,1-4H3. The summed E-state index contributed by atoms with van der Waals surface area (Å²) >= 11 is 0. The van der Waals surface area contributed by atoms with E-state index in [2.05, 4.69) is 23.9 Å². The van der Waals surface area contributed by atoms with E-state index < -0.39 is 0 Å². The van der Waals surface area contributed by atoms with Crippen molar-refractivity contribution in [3.63, 3.8) is 0 Å². The number of carbonyl (C=O) groups excluding carboxylic acids is 1. The lowest BCUT2D eigenvalue weighted by Gasteiger charge is -2.14. The molecule has 0 saturated heterocycles. The van der Waals surface area contributed by atoms with E-state index in [0.29, 0.717) is 19.1 Å². The summed E-state index contributed by atoms with van der Waals surface area (Å²) in [6.07, 6.45) is 1.81. The largest absolute Gasteiger partial charge is 0.468 e. The fraction of sp³-hybridized carbons (Fsp3) is 0.917. The molecule has 0 aromatic carbocycles. The molecule has 16 heavy (non-hydrogen) atoms. The molecule has 0 aromatic heterocycles. The quantitative estimate of drug-likeness (QED) is 0.483. The van der Waals surface area contributed by atoms with Gasteiger partial charge in [-0.05, 0) is 18.8 Å². The minimum Gasteiger partial charge on any atom is -0.468 e. The maximum atomic E-state index is 11.2. The van der Waals surface area contributed by atoms with E-state index in [0.717, 1.165) is 19.4 Å². The molecule has 0 aromatic rings. The Hall–Kier alpha value is -0.610. The van der Waals surface area contributed by atoms with E-state index in [1.807, 2.05) is 6.92 Å². The molecule has 4 heteroatoms. The molecular formula is C12H25NO3. The van der Waals surface area contributed by atoms with Gasteiger partial charge >= 0.3 is 5.97 Å². The van der Waals surface area contributed by atoms with Crippen LogP contribution in [-0.2, 0) is 14.3 Å². The molecule has 0 bridgehead atoms. The number of ether oxygens (including phenoxy) is 2. The number of carbonyl (C=O) groups is 1. The number of esters is 1. The Morgan fingerprint density at radius 2 is 2.00 bits per heavy atom. The zero-order valence-corrected chi connectivity index (χ0v) is 10.9. The van der Waals surface area contributed by atoms with Gasteiger partial charge in [-0.25, -0.2) is 0 Å². The van der Waals surface area contributed by atoms with Gasteiger partial charge in [0.15, 0.2) is 0 Å². The third kappa shape index (κ3) is 7.65. The fourth-order valence-corrected chi connectivity index (χ4v) is 1.26. The lowest BCUT2D eigenvalue weighted by Crippen LogP contribution is -2.38. The van der Waals surface area contributed by atoms with Crippen LogP contribution in [0.2, 0.25) is 0 Å². The van der Waals surface area contributed by atoms with Crippen LogP contribution in [0.15, 0.2) is 0 Å². The van der Waals surface area contributed by atoms with E-state index in [-0.39, 0.29) is 12.0 Å². The van der Waals surface area contributed by atoms with Crippen molar-refractivity contribution < 1.29 is 14.3 Å². The Morgan fingerprint density at radius 3 is 2.50 bits per heavy atom. The molecule has 1 atom stereocenters. The second kappa shape index (κ2) is 9.60. The number of hydrogen-bond donors (Lipinski definition) is 1. The topological polar surface area (TPSA) is 47.6 Å². The van der Waals surface area contributed by atoms with E-state index >= 15 is 0 Å². The molecule has 4 nitrogen and oxygen atoms in total. The molecule has 0 aliphatic rings. The van der Waals surface area contributed by atoms with E-state index in [1.165, 1.54) is 7.11 Å². The van der Waals surface area contributed by atoms with Gasteiger partial charge in [-0.1, -0.05) is 20.8 Å². The van der Waals surface area contributed by atoms with Gasteiger partial charge in [-0.3, -0.25) is 4.79 Å². The van der Waals surface area contributed by atoms with E-state index in [1.54, 1.807) is 0 Å². The van der Waals surface area contributed by atoms with E-state index in [9.17, 15) is 4.79 Å². The highest BCUT2D eigenvalue weighted by Gasteiger charge is 2.14. The van der Waals surface area contributed by atoms with Crippen molar-refractivity contribution in [1.29, 1.82) is 0 Å². The lowest BCUT2D eigenvalue weighted by atomic mass is 10.1. The summed E-state index contributed by atoms with van der Waals surface area (Å²) in [4.78, 5) is 11.2. The Balaban J connectivity index is 3.45. The van der Waals surface area contributed by atoms with Crippen molar-refractivity contribution >= 4 is 5.97 Å². The van der Waals surface area contributed by atoms with Crippen LogP contribution in [0.4, 0.5) is 0 Å². The average Bonchev–Trinajstić information content (AvgIpc) is 2.27. The van der Waals surface area contributed by atoms with Crippen LogP contribution in [0.1, 0.15) is 33.6 Å². The predicted octanol–water partition coefficient (Wildman–Crippen LogP) is 1.59. The first kappa shape index (κ1) is 15.4. The summed E-state index contributed by atoms with van der Waals surface area (Å²) < 4.78 is 10.1. The number of hydrogen-bond acceptors (Lipinski definition) is 4. The fourth-order valence-electron chi connectivity index (χ4n) is 1.26. The first-order chi connectivity index (χ1) is 7.61. The van der Waals surface area contributed by atoms with Crippen LogP contribution in [-0.4, -0.2) is 38.9 Å². The van der Waals surface area contributed by atoms with Crippen molar-refractivity contribution in [2.45, 2.75) is 39.7 Å². The molecule has 1 unspecified atom stereocenters. The molecule has 0 heterocycles. The van der Waals surface area contributed by atoms with Gasteiger partial charge in [0, 0.05) is 13.2 Å². The molecule has 0 rings (SSSR count). The van der Waals surface area contributed by atoms with Gasteiger partial charge in [-0.15, -0.1) is 0 Å². The highest BCUT2D eigenvalue weighted by atomic mass is 16.5. The normalized spacial score (nSPS) is 12.8. The SMILES string of the molecule is CCC(NCCOCCC(C)C)C(=O)OC. The Labute approximate surface area is 98.7 Å². The molecule has 0 fully saturated rings. The Morgan fingerprint density at radius 1 is 1.31 bits per heavy atom. The zero-order valence-electron chi connectivity index (χ0n) is 10.9. The lowest BCUT2D eigenvalue weighted by molar-refractivity contribution is -0.143. The predicted molar refractivity (Wildman–Crippen MR) is 64.4 cm³/mol. The minimum atomic E-state index is -0.210. The average molecular weight is 231 g/mol. The third-order valence-electron chi connectivity index (χ3n) is 2.37. The Bertz CT molecular complexity index is 183. The smallest absolute Gasteiger partial charge is 0.322 e. The number of methoxy groups -OCH3 is 1. The maximum absolute atomic E-state index is 11.2. The molecule has 0 aliphatic heterocycles. The summed E-state index contributed by atoms with van der Waals surface area (Å²) in [5, 5.41) is 3.11. The maximum Gasteiger partial charge on any atom is 0.322 e. The summed E-state index contributed by atoms with van der Waals surface area (Å²) in [6, 6.07) is -0.210. The number of nitrogens with one attached hydrogen (secondary N) is 1. The highest BCUT2D eigenvalue weighted by Crippen LogP contribution is 1.98. The van der Waals surface area contributed by atoms with Crippen LogP contribution in [0.5, 0.6) is 0 Å². The highest BCUT2D eigenvalue weighted by molar-refractivity contribution is 5.75. The van der Waals surface area contributed by atoms with Gasteiger partial charge in [0.1, 0.15) is 6.04 Å². The molecule has 96 valence electrons. The molecule has 0 radical (unpaired) electrons. The molecule has 0 spiro atoms. The van der Waals surface area contributed by atoms with Crippen molar-refractivity contribution in [3.8, 4) is 0 Å². The van der Waals surface area contributed by atoms with Gasteiger partial charge in [0.25, 0.3) is 0 Å². The zero-order chi connectivity index (χ0) is 12.4. The van der Waals surface area contributed by atoms with Crippen LogP contribution in [0.3, 0.4) is 0 Å². The van der Waals surface area contributed by atoms with Gasteiger partial charge in [-0.2, -0.15) is 0 Å². The molecule has 0 amide bonds. The summed E-state index contributed by atoms with van der Waals surface area (Å²) in [5.74, 6) is 0.469. The Kier molecular flexibility index (Phi) is 9.24. The van der Waals surface area contributed by atoms with Crippen LogP contribution in [0, 0.1) is 5.92 Å². The first-order valence-corrected chi connectivity index (χ1v) is 6.00. The number of rotatable bonds is 9. The van der Waals surface area contributed by atoms with E-state index in [4.69, 9.17) is 4.74 Å². The van der Waals surface area contributed by atoms with Crippen LogP contribution < -0.4 is 5.32 Å².